The second-order valence-corrected chi connectivity index (χ2v) is 3.21. The number of ketones is 3. The molecule has 0 amide bonds. The van der Waals surface area contributed by atoms with Gasteiger partial charge in [-0.1, -0.05) is 0 Å². The van der Waals surface area contributed by atoms with Gasteiger partial charge in [-0.2, -0.15) is 0 Å². The third-order valence-corrected chi connectivity index (χ3v) is 2.31. The van der Waals surface area contributed by atoms with Crippen molar-refractivity contribution in [2.45, 2.75) is 13.8 Å². The second-order valence-electron chi connectivity index (χ2n) is 3.21. The van der Waals surface area contributed by atoms with Crippen LogP contribution >= 0.6 is 0 Å². The van der Waals surface area contributed by atoms with E-state index in [4.69, 9.17) is 5.11 Å². The lowest BCUT2D eigenvalue weighted by atomic mass is 9.93. The molecule has 1 aliphatic rings. The Kier molecular flexibility index (Phi) is 1.83. The molecule has 70 valence electrons. The third-order valence-electron chi connectivity index (χ3n) is 2.31. The highest BCUT2D eigenvalue weighted by atomic mass is 16.4. The fourth-order valence-electron chi connectivity index (χ4n) is 1.09. The Morgan fingerprint density at radius 3 is 1.92 bits per heavy atom. The molecule has 0 saturated heterocycles. The van der Waals surface area contributed by atoms with Crippen molar-refractivity contribution in [3.05, 3.63) is 0 Å². The SMILES string of the molecule is CC(C(=O)O)C(=O)C1(C)C(=O)C1=O. The van der Waals surface area contributed by atoms with E-state index in [9.17, 15) is 19.2 Å². The summed E-state index contributed by atoms with van der Waals surface area (Å²) in [7, 11) is 0. The van der Waals surface area contributed by atoms with Gasteiger partial charge in [-0.05, 0) is 13.8 Å². The van der Waals surface area contributed by atoms with E-state index in [1.165, 1.54) is 6.92 Å². The molecule has 5 heteroatoms. The molecule has 1 rings (SSSR count). The van der Waals surface area contributed by atoms with Gasteiger partial charge >= 0.3 is 5.97 Å². The summed E-state index contributed by atoms with van der Waals surface area (Å²) in [6.45, 7) is 2.33. The minimum Gasteiger partial charge on any atom is -0.481 e. The molecule has 0 heterocycles. The van der Waals surface area contributed by atoms with E-state index in [0.717, 1.165) is 6.92 Å². The van der Waals surface area contributed by atoms with Gasteiger partial charge in [0, 0.05) is 0 Å². The van der Waals surface area contributed by atoms with Crippen LogP contribution in [0.2, 0.25) is 0 Å². The number of carbonyl (C=O) groups is 4. The molecule has 1 aliphatic carbocycles. The summed E-state index contributed by atoms with van der Waals surface area (Å²) in [6, 6.07) is 0. The molecule has 5 nitrogen and oxygen atoms in total. The van der Waals surface area contributed by atoms with Crippen LogP contribution in [0.5, 0.6) is 0 Å². The maximum absolute atomic E-state index is 11.3. The molecule has 1 fully saturated rings. The van der Waals surface area contributed by atoms with Gasteiger partial charge < -0.3 is 5.11 Å². The first-order chi connectivity index (χ1) is 5.83. The quantitative estimate of drug-likeness (QED) is 0.469. The number of hydrogen-bond acceptors (Lipinski definition) is 4. The molecule has 0 aliphatic heterocycles. The smallest absolute Gasteiger partial charge is 0.313 e. The first-order valence-electron chi connectivity index (χ1n) is 3.69. The number of rotatable bonds is 3. The molecular formula is C8H8O5. The van der Waals surface area contributed by atoms with Crippen molar-refractivity contribution >= 4 is 23.3 Å². The predicted molar refractivity (Wildman–Crippen MR) is 39.9 cm³/mol. The fraction of sp³-hybridized carbons (Fsp3) is 0.500. The summed E-state index contributed by atoms with van der Waals surface area (Å²) in [5.41, 5.74) is -1.67. The normalized spacial score (nSPS) is 21.1. The van der Waals surface area contributed by atoms with Gasteiger partial charge in [0.1, 0.15) is 5.92 Å². The zero-order chi connectivity index (χ0) is 10.4. The second kappa shape index (κ2) is 2.48. The molecule has 0 aromatic rings. The number of carbonyl (C=O) groups excluding carboxylic acids is 3. The molecule has 0 bridgehead atoms. The van der Waals surface area contributed by atoms with Crippen molar-refractivity contribution in [2.24, 2.45) is 11.3 Å². The minimum atomic E-state index is -1.67. The summed E-state index contributed by atoms with van der Waals surface area (Å²) in [4.78, 5) is 43.1. The maximum Gasteiger partial charge on any atom is 0.313 e. The maximum atomic E-state index is 11.3. The van der Waals surface area contributed by atoms with Crippen LogP contribution in [-0.2, 0) is 19.2 Å². The van der Waals surface area contributed by atoms with Crippen LogP contribution in [-0.4, -0.2) is 28.4 Å². The topological polar surface area (TPSA) is 88.5 Å². The number of carboxylic acids is 1. The largest absolute Gasteiger partial charge is 0.481 e. The van der Waals surface area contributed by atoms with Crippen molar-refractivity contribution in [3.8, 4) is 0 Å². The Balaban J connectivity index is 2.88. The van der Waals surface area contributed by atoms with E-state index in [0.29, 0.717) is 0 Å². The zero-order valence-electron chi connectivity index (χ0n) is 7.16. The van der Waals surface area contributed by atoms with Gasteiger partial charge in [-0.25, -0.2) is 0 Å². The van der Waals surface area contributed by atoms with E-state index in [1.54, 1.807) is 0 Å². The van der Waals surface area contributed by atoms with Gasteiger partial charge in [0.2, 0.25) is 11.6 Å². The van der Waals surface area contributed by atoms with Crippen molar-refractivity contribution in [1.29, 1.82) is 0 Å². The number of carboxylic acid groups (broad SMARTS) is 1. The van der Waals surface area contributed by atoms with Gasteiger partial charge in [0.15, 0.2) is 11.2 Å². The lowest BCUT2D eigenvalue weighted by Crippen LogP contribution is -2.29. The summed E-state index contributed by atoms with van der Waals surface area (Å²) in [5.74, 6) is -5.02. The van der Waals surface area contributed by atoms with Crippen molar-refractivity contribution in [2.75, 3.05) is 0 Å². The lowest BCUT2D eigenvalue weighted by molar-refractivity contribution is -0.147. The fourth-order valence-corrected chi connectivity index (χ4v) is 1.09. The first kappa shape index (κ1) is 9.57. The molecule has 0 spiro atoms. The first-order valence-corrected chi connectivity index (χ1v) is 3.69. The number of Topliss-reactive ketones (excluding diaryl/α,β-unsaturated/α-hetero) is 3. The molecule has 1 unspecified atom stereocenters. The number of hydrogen-bond donors (Lipinski definition) is 1. The summed E-state index contributed by atoms with van der Waals surface area (Å²) >= 11 is 0. The molecule has 1 atom stereocenters. The Labute approximate surface area is 73.7 Å². The summed E-state index contributed by atoms with van der Waals surface area (Å²) in [6.07, 6.45) is 0. The van der Waals surface area contributed by atoms with Crippen LogP contribution < -0.4 is 0 Å². The molecule has 1 saturated carbocycles. The number of aliphatic carboxylic acids is 1. The van der Waals surface area contributed by atoms with Crippen molar-refractivity contribution < 1.29 is 24.3 Å². The van der Waals surface area contributed by atoms with E-state index in [-0.39, 0.29) is 0 Å². The van der Waals surface area contributed by atoms with Gasteiger partial charge in [0.25, 0.3) is 0 Å². The Hall–Kier alpha value is -1.52. The van der Waals surface area contributed by atoms with Crippen LogP contribution in [0.4, 0.5) is 0 Å². The highest BCUT2D eigenvalue weighted by Gasteiger charge is 2.67. The average Bonchev–Trinajstić information content (AvgIpc) is 2.55. The molecule has 0 aromatic carbocycles. The monoisotopic (exact) mass is 184 g/mol. The minimum absolute atomic E-state index is 0.786. The molecular weight excluding hydrogens is 176 g/mol. The molecule has 0 radical (unpaired) electrons. The van der Waals surface area contributed by atoms with Crippen LogP contribution in [0.1, 0.15) is 13.8 Å². The predicted octanol–water partition coefficient (Wildman–Crippen LogP) is -0.566. The zero-order valence-corrected chi connectivity index (χ0v) is 7.16. The highest BCUT2D eigenvalue weighted by molar-refractivity contribution is 6.70. The van der Waals surface area contributed by atoms with Crippen LogP contribution in [0.3, 0.4) is 0 Å². The molecule has 1 N–H and O–H groups in total. The Bertz CT molecular complexity index is 313. The van der Waals surface area contributed by atoms with Gasteiger partial charge in [-0.15, -0.1) is 0 Å². The van der Waals surface area contributed by atoms with Gasteiger partial charge in [-0.3, -0.25) is 19.2 Å². The highest BCUT2D eigenvalue weighted by Crippen LogP contribution is 2.38. The summed E-state index contributed by atoms with van der Waals surface area (Å²) < 4.78 is 0. The van der Waals surface area contributed by atoms with E-state index < -0.39 is 34.7 Å². The van der Waals surface area contributed by atoms with Crippen molar-refractivity contribution in [3.63, 3.8) is 0 Å². The third kappa shape index (κ3) is 1.07. The van der Waals surface area contributed by atoms with Crippen molar-refractivity contribution in [1.82, 2.24) is 0 Å². The summed E-state index contributed by atoms with van der Waals surface area (Å²) in [5, 5.41) is 8.47. The van der Waals surface area contributed by atoms with E-state index in [1.807, 2.05) is 0 Å². The molecule has 13 heavy (non-hydrogen) atoms. The van der Waals surface area contributed by atoms with E-state index >= 15 is 0 Å². The van der Waals surface area contributed by atoms with Crippen LogP contribution in [0, 0.1) is 11.3 Å². The Morgan fingerprint density at radius 1 is 1.31 bits per heavy atom. The standard InChI is InChI=1S/C8H8O5/c1-3(7(12)13)4(9)8(2)5(10)6(8)11/h3H,1-2H3,(H,12,13). The molecule has 0 aromatic heterocycles. The van der Waals surface area contributed by atoms with E-state index in [2.05, 4.69) is 0 Å². The van der Waals surface area contributed by atoms with Crippen LogP contribution in [0.25, 0.3) is 0 Å². The van der Waals surface area contributed by atoms with Crippen LogP contribution in [0.15, 0.2) is 0 Å². The average molecular weight is 184 g/mol. The Morgan fingerprint density at radius 2 is 1.69 bits per heavy atom. The van der Waals surface area contributed by atoms with Gasteiger partial charge in [0.05, 0.1) is 0 Å². The lowest BCUT2D eigenvalue weighted by Gasteiger charge is -2.06.